The Bertz CT molecular complexity index is 368. The van der Waals surface area contributed by atoms with Gasteiger partial charge in [-0.15, -0.1) is 0 Å². The van der Waals surface area contributed by atoms with Gasteiger partial charge in [0, 0.05) is 12.6 Å². The van der Waals surface area contributed by atoms with E-state index in [2.05, 4.69) is 31.7 Å². The van der Waals surface area contributed by atoms with Crippen LogP contribution in [0.3, 0.4) is 0 Å². The van der Waals surface area contributed by atoms with Crippen molar-refractivity contribution < 1.29 is 9.84 Å². The molecule has 0 heterocycles. The van der Waals surface area contributed by atoms with Crippen LogP contribution in [0.2, 0.25) is 0 Å². The average molecular weight is 265 g/mol. The quantitative estimate of drug-likeness (QED) is 0.784. The van der Waals surface area contributed by atoms with Crippen LogP contribution < -0.4 is 4.74 Å². The maximum Gasteiger partial charge on any atom is 0.122 e. The molecule has 3 nitrogen and oxygen atoms in total. The molecule has 0 bridgehead atoms. The van der Waals surface area contributed by atoms with Crippen LogP contribution in [0.5, 0.6) is 5.75 Å². The average Bonchev–Trinajstić information content (AvgIpc) is 2.39. The lowest BCUT2D eigenvalue weighted by Gasteiger charge is -2.25. The highest BCUT2D eigenvalue weighted by Gasteiger charge is 2.12. The van der Waals surface area contributed by atoms with Crippen molar-refractivity contribution in [3.8, 4) is 5.75 Å². The summed E-state index contributed by atoms with van der Waals surface area (Å²) in [6, 6.07) is 8.59. The Morgan fingerprint density at radius 1 is 1.21 bits per heavy atom. The van der Waals surface area contributed by atoms with Crippen molar-refractivity contribution in [1.82, 2.24) is 4.90 Å². The molecule has 0 aliphatic carbocycles. The van der Waals surface area contributed by atoms with E-state index in [4.69, 9.17) is 9.84 Å². The number of hydrogen-bond donors (Lipinski definition) is 1. The Morgan fingerprint density at radius 2 is 1.89 bits per heavy atom. The summed E-state index contributed by atoms with van der Waals surface area (Å²) in [5.74, 6) is 0.978. The van der Waals surface area contributed by atoms with Gasteiger partial charge in [-0.1, -0.05) is 18.2 Å². The lowest BCUT2D eigenvalue weighted by atomic mass is 10.1. The summed E-state index contributed by atoms with van der Waals surface area (Å²) in [6.45, 7) is 7.32. The summed E-state index contributed by atoms with van der Waals surface area (Å²) in [7, 11) is 2.05. The molecule has 0 spiro atoms. The minimum Gasteiger partial charge on any atom is -0.490 e. The predicted octanol–water partition coefficient (Wildman–Crippen LogP) is 2.86. The molecule has 1 N–H and O–H groups in total. The van der Waals surface area contributed by atoms with Crippen LogP contribution in [-0.2, 0) is 0 Å². The monoisotopic (exact) mass is 265 g/mol. The number of hydrogen-bond acceptors (Lipinski definition) is 3. The van der Waals surface area contributed by atoms with Crippen LogP contribution in [0.1, 0.15) is 32.3 Å². The fraction of sp³-hybridized carbons (Fsp3) is 0.625. The highest BCUT2D eigenvalue weighted by molar-refractivity contribution is 5.31. The zero-order valence-corrected chi connectivity index (χ0v) is 12.6. The van der Waals surface area contributed by atoms with Crippen LogP contribution >= 0.6 is 0 Å². The molecule has 108 valence electrons. The molecule has 0 unspecified atom stereocenters. The number of aliphatic hydroxyl groups is 1. The molecule has 0 aliphatic rings. The van der Waals surface area contributed by atoms with Crippen LogP contribution in [0, 0.1) is 6.92 Å². The van der Waals surface area contributed by atoms with Gasteiger partial charge in [0.05, 0.1) is 12.7 Å². The van der Waals surface area contributed by atoms with Crippen molar-refractivity contribution in [2.45, 2.75) is 45.8 Å². The third-order valence-electron chi connectivity index (χ3n) is 3.62. The van der Waals surface area contributed by atoms with Crippen LogP contribution in [0.25, 0.3) is 0 Å². The van der Waals surface area contributed by atoms with Gasteiger partial charge < -0.3 is 14.7 Å². The van der Waals surface area contributed by atoms with Crippen LogP contribution in [-0.4, -0.2) is 42.4 Å². The van der Waals surface area contributed by atoms with E-state index < -0.39 is 0 Å². The molecule has 1 aromatic rings. The Hall–Kier alpha value is -1.06. The van der Waals surface area contributed by atoms with Gasteiger partial charge in [-0.2, -0.15) is 0 Å². The summed E-state index contributed by atoms with van der Waals surface area (Å²) >= 11 is 0. The van der Waals surface area contributed by atoms with Crippen molar-refractivity contribution in [3.63, 3.8) is 0 Å². The first-order chi connectivity index (χ1) is 9.04. The van der Waals surface area contributed by atoms with Crippen molar-refractivity contribution in [3.05, 3.63) is 29.8 Å². The zero-order valence-electron chi connectivity index (χ0n) is 12.6. The van der Waals surface area contributed by atoms with E-state index >= 15 is 0 Å². The highest BCUT2D eigenvalue weighted by atomic mass is 16.5. The van der Waals surface area contributed by atoms with E-state index in [-0.39, 0.29) is 12.7 Å². The first-order valence-electron chi connectivity index (χ1n) is 7.08. The highest BCUT2D eigenvalue weighted by Crippen LogP contribution is 2.19. The minimum atomic E-state index is 0.214. The molecule has 0 aliphatic heterocycles. The number of rotatable bonds is 8. The Labute approximate surface area is 117 Å². The SMILES string of the molecule is Cc1ccccc1O[C@H](C)CC[C@@H](C)N(C)CCO. The topological polar surface area (TPSA) is 32.7 Å². The third kappa shape index (κ3) is 5.62. The molecule has 0 fully saturated rings. The lowest BCUT2D eigenvalue weighted by molar-refractivity contribution is 0.157. The van der Waals surface area contributed by atoms with E-state index in [1.54, 1.807) is 0 Å². The van der Waals surface area contributed by atoms with E-state index in [0.717, 1.165) is 25.1 Å². The second-order valence-electron chi connectivity index (χ2n) is 5.32. The third-order valence-corrected chi connectivity index (χ3v) is 3.62. The number of nitrogens with zero attached hydrogens (tertiary/aromatic N) is 1. The molecule has 1 rings (SSSR count). The van der Waals surface area contributed by atoms with Gasteiger partial charge in [0.15, 0.2) is 0 Å². The number of benzene rings is 1. The molecular formula is C16H27NO2. The number of ether oxygens (including phenoxy) is 1. The lowest BCUT2D eigenvalue weighted by Crippen LogP contribution is -2.32. The molecule has 1 aromatic carbocycles. The molecule has 2 atom stereocenters. The van der Waals surface area contributed by atoms with Crippen LogP contribution in [0.15, 0.2) is 24.3 Å². The molecule has 0 aromatic heterocycles. The van der Waals surface area contributed by atoms with Crippen molar-refractivity contribution in [2.75, 3.05) is 20.2 Å². The molecule has 0 saturated carbocycles. The summed E-state index contributed by atoms with van der Waals surface area (Å²) in [4.78, 5) is 2.18. The summed E-state index contributed by atoms with van der Waals surface area (Å²) in [5, 5.41) is 8.92. The smallest absolute Gasteiger partial charge is 0.122 e. The number of aryl methyl sites for hydroxylation is 1. The molecule has 0 saturated heterocycles. The van der Waals surface area contributed by atoms with Crippen molar-refractivity contribution in [2.24, 2.45) is 0 Å². The van der Waals surface area contributed by atoms with Gasteiger partial charge in [-0.3, -0.25) is 0 Å². The fourth-order valence-corrected chi connectivity index (χ4v) is 2.04. The normalized spacial score (nSPS) is 14.4. The summed E-state index contributed by atoms with van der Waals surface area (Å²) < 4.78 is 5.97. The van der Waals surface area contributed by atoms with Gasteiger partial charge in [0.25, 0.3) is 0 Å². The summed E-state index contributed by atoms with van der Waals surface area (Å²) in [6.07, 6.45) is 2.31. The standard InChI is InChI=1S/C16H27NO2/c1-13-7-5-6-8-16(13)19-15(3)10-9-14(2)17(4)11-12-18/h5-8,14-15,18H,9-12H2,1-4H3/t14-,15-/m1/s1. The van der Waals surface area contributed by atoms with E-state index in [1.807, 2.05) is 25.2 Å². The fourth-order valence-electron chi connectivity index (χ4n) is 2.04. The summed E-state index contributed by atoms with van der Waals surface area (Å²) in [5.41, 5.74) is 1.18. The maximum atomic E-state index is 8.92. The number of para-hydroxylation sites is 1. The molecule has 19 heavy (non-hydrogen) atoms. The zero-order chi connectivity index (χ0) is 14.3. The molecule has 3 heteroatoms. The molecular weight excluding hydrogens is 238 g/mol. The first-order valence-corrected chi connectivity index (χ1v) is 7.08. The van der Waals surface area contributed by atoms with Crippen molar-refractivity contribution in [1.29, 1.82) is 0 Å². The number of aliphatic hydroxyl groups excluding tert-OH is 1. The first kappa shape index (κ1) is 16.0. The van der Waals surface area contributed by atoms with Gasteiger partial charge in [-0.05, 0) is 52.3 Å². The van der Waals surface area contributed by atoms with E-state index in [9.17, 15) is 0 Å². The van der Waals surface area contributed by atoms with Crippen LogP contribution in [0.4, 0.5) is 0 Å². The largest absolute Gasteiger partial charge is 0.490 e. The van der Waals surface area contributed by atoms with E-state index in [1.165, 1.54) is 5.56 Å². The maximum absolute atomic E-state index is 8.92. The van der Waals surface area contributed by atoms with Gasteiger partial charge >= 0.3 is 0 Å². The van der Waals surface area contributed by atoms with Crippen molar-refractivity contribution >= 4 is 0 Å². The van der Waals surface area contributed by atoms with E-state index in [0.29, 0.717) is 6.04 Å². The molecule has 0 amide bonds. The van der Waals surface area contributed by atoms with Gasteiger partial charge in [-0.25, -0.2) is 0 Å². The van der Waals surface area contributed by atoms with Gasteiger partial charge in [0.1, 0.15) is 5.75 Å². The Morgan fingerprint density at radius 3 is 2.53 bits per heavy atom. The second kappa shape index (κ2) is 8.18. The van der Waals surface area contributed by atoms with Gasteiger partial charge in [0.2, 0.25) is 0 Å². The Kier molecular flexibility index (Phi) is 6.89. The number of likely N-dealkylation sites (N-methyl/N-ethyl adjacent to an activating group) is 1. The molecule has 0 radical (unpaired) electrons. The minimum absolute atomic E-state index is 0.214. The second-order valence-corrected chi connectivity index (χ2v) is 5.32. The predicted molar refractivity (Wildman–Crippen MR) is 79.7 cm³/mol. The Balaban J connectivity index is 2.36.